The van der Waals surface area contributed by atoms with Gasteiger partial charge in [-0.25, -0.2) is 15.0 Å². The van der Waals surface area contributed by atoms with Crippen molar-refractivity contribution >= 4 is 93.7 Å². The van der Waals surface area contributed by atoms with Gasteiger partial charge in [0.1, 0.15) is 25.4 Å². The molecule has 0 amide bonds. The molecule has 1 N–H and O–H groups in total. The first kappa shape index (κ1) is 27.7. The van der Waals surface area contributed by atoms with Crippen LogP contribution in [0.2, 0.25) is 0 Å². The van der Waals surface area contributed by atoms with E-state index in [1.165, 1.54) is 6.08 Å². The van der Waals surface area contributed by atoms with E-state index in [0.29, 0.717) is 5.75 Å². The second-order valence-electron chi connectivity index (χ2n) is 6.33. The average Bonchev–Trinajstić information content (AvgIpc) is 2.68. The van der Waals surface area contributed by atoms with Crippen LogP contribution in [-0.2, 0) is 21.9 Å². The van der Waals surface area contributed by atoms with Gasteiger partial charge in [0.15, 0.2) is 17.5 Å². The van der Waals surface area contributed by atoms with Crippen molar-refractivity contribution in [3.05, 3.63) is 46.8 Å². The Labute approximate surface area is 218 Å². The smallest absolute Gasteiger partial charge is 0.317 e. The number of nitrogens with zero attached hydrogens (tertiary/aromatic N) is 3. The summed E-state index contributed by atoms with van der Waals surface area (Å²) >= 11 is 35.1. The number of aliphatic carboxylic acids is 1. The van der Waals surface area contributed by atoms with E-state index in [0.717, 1.165) is 11.1 Å². The number of hydrogen-bond donors (Lipinski definition) is 1. The summed E-state index contributed by atoms with van der Waals surface area (Å²) in [6, 6.07) is 5.28. The molecule has 1 heterocycles. The maximum Gasteiger partial charge on any atom is 0.317 e. The van der Waals surface area contributed by atoms with Crippen LogP contribution in [0.1, 0.15) is 35.0 Å². The SMILES string of the molecule is Cc1cc(C=Cc2nc(C(Cl)(Cl)Cl)nc(C(Cl)(Cl)Cl)n2)ccc1OCCOC(=O)CC(=O)O. The van der Waals surface area contributed by atoms with Gasteiger partial charge in [-0.15, -0.1) is 0 Å². The fourth-order valence-corrected chi connectivity index (χ4v) is 2.82. The van der Waals surface area contributed by atoms with Gasteiger partial charge >= 0.3 is 11.9 Å². The summed E-state index contributed by atoms with van der Waals surface area (Å²) in [5, 5.41) is 8.51. The standard InChI is InChI=1S/C19H15Cl6N3O5/c1-10-8-11(2-4-12(10)32-6-7-33-15(31)9-14(29)30)3-5-13-26-16(18(20,21)22)28-17(27-13)19(23,24)25/h2-5,8H,6-7,9H2,1H3,(H,29,30). The molecule has 8 nitrogen and oxygen atoms in total. The largest absolute Gasteiger partial charge is 0.490 e. The van der Waals surface area contributed by atoms with Crippen molar-refractivity contribution < 1.29 is 24.2 Å². The van der Waals surface area contributed by atoms with Crippen molar-refractivity contribution in [3.63, 3.8) is 0 Å². The fourth-order valence-electron chi connectivity index (χ4n) is 2.31. The minimum atomic E-state index is -1.95. The summed E-state index contributed by atoms with van der Waals surface area (Å²) in [5.74, 6) is -1.84. The quantitative estimate of drug-likeness (QED) is 0.192. The molecular formula is C19H15Cl6N3O5. The maximum atomic E-state index is 11.2. The number of halogens is 6. The number of hydrogen-bond acceptors (Lipinski definition) is 7. The maximum absolute atomic E-state index is 11.2. The first-order valence-corrected chi connectivity index (χ1v) is 11.2. The van der Waals surface area contributed by atoms with E-state index in [9.17, 15) is 9.59 Å². The number of carboxylic acid groups (broad SMARTS) is 1. The zero-order valence-corrected chi connectivity index (χ0v) is 21.2. The van der Waals surface area contributed by atoms with Gasteiger partial charge < -0.3 is 14.6 Å². The summed E-state index contributed by atoms with van der Waals surface area (Å²) in [7, 11) is 0. The summed E-state index contributed by atoms with van der Waals surface area (Å²) in [6.45, 7) is 1.80. The van der Waals surface area contributed by atoms with Crippen molar-refractivity contribution in [2.75, 3.05) is 13.2 Å². The van der Waals surface area contributed by atoms with E-state index in [-0.39, 0.29) is 30.7 Å². The van der Waals surface area contributed by atoms with E-state index >= 15 is 0 Å². The van der Waals surface area contributed by atoms with Crippen LogP contribution in [0, 0.1) is 6.92 Å². The van der Waals surface area contributed by atoms with Gasteiger partial charge in [0.2, 0.25) is 7.59 Å². The van der Waals surface area contributed by atoms with E-state index < -0.39 is 25.9 Å². The number of carbonyl (C=O) groups is 2. The highest BCUT2D eigenvalue weighted by molar-refractivity contribution is 6.67. The molecule has 14 heteroatoms. The monoisotopic (exact) mass is 575 g/mol. The number of aryl methyl sites for hydroxylation is 1. The summed E-state index contributed by atoms with van der Waals surface area (Å²) in [5.41, 5.74) is 1.55. The molecule has 0 unspecified atom stereocenters. The van der Waals surface area contributed by atoms with Crippen LogP contribution in [0.5, 0.6) is 5.75 Å². The van der Waals surface area contributed by atoms with Gasteiger partial charge in [-0.1, -0.05) is 81.7 Å². The molecule has 1 aromatic heterocycles. The van der Waals surface area contributed by atoms with Crippen molar-refractivity contribution in [2.24, 2.45) is 0 Å². The lowest BCUT2D eigenvalue weighted by atomic mass is 10.1. The van der Waals surface area contributed by atoms with Crippen molar-refractivity contribution in [1.29, 1.82) is 0 Å². The van der Waals surface area contributed by atoms with E-state index in [1.54, 1.807) is 18.2 Å². The lowest BCUT2D eigenvalue weighted by molar-refractivity contribution is -0.151. The Bertz CT molecular complexity index is 1020. The zero-order chi connectivity index (χ0) is 24.8. The number of aromatic nitrogens is 3. The molecule has 178 valence electrons. The topological polar surface area (TPSA) is 112 Å². The van der Waals surface area contributed by atoms with E-state index in [4.69, 9.17) is 84.2 Å². The minimum Gasteiger partial charge on any atom is -0.490 e. The summed E-state index contributed by atoms with van der Waals surface area (Å²) in [4.78, 5) is 33.6. The molecule has 0 saturated heterocycles. The number of rotatable bonds is 8. The number of ether oxygens (including phenoxy) is 2. The first-order valence-electron chi connectivity index (χ1n) is 8.95. The first-order chi connectivity index (χ1) is 15.3. The Morgan fingerprint density at radius 1 is 0.970 bits per heavy atom. The van der Waals surface area contributed by atoms with Crippen LogP contribution in [0.4, 0.5) is 0 Å². The third-order valence-electron chi connectivity index (χ3n) is 3.68. The Morgan fingerprint density at radius 2 is 1.58 bits per heavy atom. The van der Waals surface area contributed by atoms with Gasteiger partial charge in [-0.3, -0.25) is 9.59 Å². The molecule has 1 aromatic carbocycles. The minimum absolute atomic E-state index is 0.0614. The third-order valence-corrected chi connectivity index (χ3v) is 4.70. The number of alkyl halides is 6. The number of carbonyl (C=O) groups excluding carboxylic acids is 1. The lowest BCUT2D eigenvalue weighted by Gasteiger charge is -2.14. The summed E-state index contributed by atoms with van der Waals surface area (Å²) in [6.07, 6.45) is 2.51. The van der Waals surface area contributed by atoms with Crippen LogP contribution >= 0.6 is 69.6 Å². The van der Waals surface area contributed by atoms with Gasteiger partial charge in [0, 0.05) is 0 Å². The molecule has 2 rings (SSSR count). The fraction of sp³-hybridized carbons (Fsp3) is 0.316. The molecule has 0 fully saturated rings. The average molecular weight is 578 g/mol. The van der Waals surface area contributed by atoms with E-state index in [2.05, 4.69) is 15.0 Å². The molecule has 0 aliphatic carbocycles. The molecule has 0 aliphatic heterocycles. The molecule has 0 bridgehead atoms. The van der Waals surface area contributed by atoms with Crippen molar-refractivity contribution in [3.8, 4) is 5.75 Å². The Morgan fingerprint density at radius 3 is 2.09 bits per heavy atom. The highest BCUT2D eigenvalue weighted by atomic mass is 35.6. The van der Waals surface area contributed by atoms with Gasteiger partial charge in [-0.2, -0.15) is 0 Å². The van der Waals surface area contributed by atoms with Gasteiger partial charge in [0.25, 0.3) is 0 Å². The zero-order valence-electron chi connectivity index (χ0n) is 16.7. The van der Waals surface area contributed by atoms with Crippen LogP contribution < -0.4 is 4.74 Å². The predicted molar refractivity (Wildman–Crippen MR) is 127 cm³/mol. The Kier molecular flexibility index (Phi) is 9.84. The molecule has 0 radical (unpaired) electrons. The van der Waals surface area contributed by atoms with Crippen molar-refractivity contribution in [1.82, 2.24) is 15.0 Å². The summed E-state index contributed by atoms with van der Waals surface area (Å²) < 4.78 is 6.41. The van der Waals surface area contributed by atoms with Crippen LogP contribution in [-0.4, -0.2) is 45.2 Å². The number of benzene rings is 1. The van der Waals surface area contributed by atoms with Crippen molar-refractivity contribution in [2.45, 2.75) is 20.9 Å². The van der Waals surface area contributed by atoms with Crippen LogP contribution in [0.3, 0.4) is 0 Å². The second kappa shape index (κ2) is 11.7. The molecule has 33 heavy (non-hydrogen) atoms. The third kappa shape index (κ3) is 9.31. The van der Waals surface area contributed by atoms with Gasteiger partial charge in [-0.05, 0) is 36.3 Å². The van der Waals surface area contributed by atoms with Crippen LogP contribution in [0.15, 0.2) is 18.2 Å². The normalized spacial score (nSPS) is 12.1. The highest BCUT2D eigenvalue weighted by Gasteiger charge is 2.33. The lowest BCUT2D eigenvalue weighted by Crippen LogP contribution is -2.16. The predicted octanol–water partition coefficient (Wildman–Crippen LogP) is 5.40. The van der Waals surface area contributed by atoms with E-state index in [1.807, 2.05) is 13.0 Å². The Hall–Kier alpha value is -1.55. The number of carboxylic acids is 1. The van der Waals surface area contributed by atoms with Crippen LogP contribution in [0.25, 0.3) is 12.2 Å². The molecule has 0 spiro atoms. The Balaban J connectivity index is 2.09. The molecule has 2 aromatic rings. The van der Waals surface area contributed by atoms with Gasteiger partial charge in [0.05, 0.1) is 0 Å². The molecule has 0 saturated carbocycles. The molecular weight excluding hydrogens is 563 g/mol. The molecule has 0 aliphatic rings. The number of esters is 1. The second-order valence-corrected chi connectivity index (χ2v) is 10.9. The molecule has 0 atom stereocenters. The highest BCUT2D eigenvalue weighted by Crippen LogP contribution is 2.40.